The minimum atomic E-state index is -1.08. The van der Waals surface area contributed by atoms with Gasteiger partial charge in [-0.2, -0.15) is 5.10 Å². The normalized spacial score (nSPS) is 24.8. The first-order valence-electron chi connectivity index (χ1n) is 6.76. The third-order valence-corrected chi connectivity index (χ3v) is 3.84. The number of carbonyl (C=O) groups is 2. The Balaban J connectivity index is 1.79. The van der Waals surface area contributed by atoms with Crippen molar-refractivity contribution < 1.29 is 19.4 Å². The number of nitrogens with zero attached hydrogens (tertiary/aromatic N) is 2. The van der Waals surface area contributed by atoms with E-state index in [1.807, 2.05) is 13.1 Å². The number of carboxylic acid groups (broad SMARTS) is 1. The Morgan fingerprint density at radius 1 is 1.62 bits per heavy atom. The predicted octanol–water partition coefficient (Wildman–Crippen LogP) is -0.248. The Labute approximate surface area is 122 Å². The van der Waals surface area contributed by atoms with Gasteiger partial charge < -0.3 is 20.5 Å². The molecule has 0 spiro atoms. The summed E-state index contributed by atoms with van der Waals surface area (Å²) in [6, 6.07) is 0.957. The van der Waals surface area contributed by atoms with Gasteiger partial charge in [0.2, 0.25) is 0 Å². The number of aryl methyl sites for hydroxylation is 1. The van der Waals surface area contributed by atoms with Crippen LogP contribution in [0.15, 0.2) is 12.3 Å². The van der Waals surface area contributed by atoms with E-state index in [0.717, 1.165) is 5.69 Å². The number of urea groups is 1. The number of aliphatic carboxylic acids is 1. The summed E-state index contributed by atoms with van der Waals surface area (Å²) < 4.78 is 6.92. The second-order valence-corrected chi connectivity index (χ2v) is 5.39. The van der Waals surface area contributed by atoms with Crippen molar-refractivity contribution in [1.29, 1.82) is 0 Å². The number of rotatable bonds is 5. The number of hydrogen-bond donors (Lipinski definition) is 3. The molecular weight excluding hydrogens is 276 g/mol. The van der Waals surface area contributed by atoms with Crippen LogP contribution in [0.3, 0.4) is 0 Å². The largest absolute Gasteiger partial charge is 0.481 e. The third kappa shape index (κ3) is 3.33. The zero-order valence-electron chi connectivity index (χ0n) is 12.1. The van der Waals surface area contributed by atoms with Gasteiger partial charge in [0.15, 0.2) is 0 Å². The van der Waals surface area contributed by atoms with Crippen molar-refractivity contribution in [2.45, 2.75) is 19.4 Å². The van der Waals surface area contributed by atoms with Crippen LogP contribution in [0.5, 0.6) is 0 Å². The van der Waals surface area contributed by atoms with Gasteiger partial charge in [0, 0.05) is 31.9 Å². The lowest BCUT2D eigenvalue weighted by molar-refractivity contribution is -0.148. The van der Waals surface area contributed by atoms with Gasteiger partial charge in [-0.3, -0.25) is 9.48 Å². The molecule has 0 radical (unpaired) electrons. The smallest absolute Gasteiger partial charge is 0.315 e. The Morgan fingerprint density at radius 2 is 2.38 bits per heavy atom. The molecule has 116 valence electrons. The molecular formula is C13H20N4O4. The zero-order chi connectivity index (χ0) is 15.5. The first-order chi connectivity index (χ1) is 9.93. The lowest BCUT2D eigenvalue weighted by atomic mass is 9.85. The van der Waals surface area contributed by atoms with E-state index in [-0.39, 0.29) is 19.2 Å². The zero-order valence-corrected chi connectivity index (χ0v) is 12.1. The summed E-state index contributed by atoms with van der Waals surface area (Å²) in [5, 5.41) is 18.6. The van der Waals surface area contributed by atoms with Crippen LogP contribution in [0.4, 0.5) is 4.79 Å². The Hall–Kier alpha value is -2.09. The second kappa shape index (κ2) is 6.13. The van der Waals surface area contributed by atoms with Gasteiger partial charge in [-0.1, -0.05) is 0 Å². The maximum atomic E-state index is 11.8. The summed E-state index contributed by atoms with van der Waals surface area (Å²) in [5.41, 5.74) is -0.0748. The summed E-state index contributed by atoms with van der Waals surface area (Å²) in [4.78, 5) is 23.1. The molecule has 21 heavy (non-hydrogen) atoms. The van der Waals surface area contributed by atoms with Crippen molar-refractivity contribution in [1.82, 2.24) is 20.4 Å². The summed E-state index contributed by atoms with van der Waals surface area (Å²) in [6.07, 6.45) is 2.35. The molecule has 8 heteroatoms. The molecule has 1 aromatic rings. The molecule has 0 aliphatic carbocycles. The van der Waals surface area contributed by atoms with E-state index in [4.69, 9.17) is 4.74 Å². The average Bonchev–Trinajstić information content (AvgIpc) is 2.98. The molecule has 1 aliphatic rings. The van der Waals surface area contributed by atoms with Crippen LogP contribution >= 0.6 is 0 Å². The second-order valence-electron chi connectivity index (χ2n) is 5.39. The number of ether oxygens (including phenoxy) is 1. The Bertz CT molecular complexity index is 530. The molecule has 2 rings (SSSR count). The van der Waals surface area contributed by atoms with E-state index in [1.165, 1.54) is 0 Å². The van der Waals surface area contributed by atoms with Crippen LogP contribution in [0.1, 0.15) is 12.6 Å². The van der Waals surface area contributed by atoms with Gasteiger partial charge >= 0.3 is 12.0 Å². The number of carboxylic acids is 1. The number of aromatic nitrogens is 2. The molecule has 2 unspecified atom stereocenters. The van der Waals surface area contributed by atoms with Crippen LogP contribution < -0.4 is 10.6 Å². The lowest BCUT2D eigenvalue weighted by Crippen LogP contribution is -2.52. The maximum absolute atomic E-state index is 11.8. The lowest BCUT2D eigenvalue weighted by Gasteiger charge is -2.25. The fraction of sp³-hybridized carbons (Fsp3) is 0.615. The number of nitrogens with one attached hydrogen (secondary N) is 2. The summed E-state index contributed by atoms with van der Waals surface area (Å²) in [6.45, 7) is 2.33. The van der Waals surface area contributed by atoms with Crippen LogP contribution in [0, 0.1) is 5.41 Å². The highest BCUT2D eigenvalue weighted by Crippen LogP contribution is 2.28. The van der Waals surface area contributed by atoms with E-state index in [9.17, 15) is 14.7 Å². The van der Waals surface area contributed by atoms with Gasteiger partial charge in [0.05, 0.1) is 19.3 Å². The summed E-state index contributed by atoms with van der Waals surface area (Å²) in [5.74, 6) is -0.972. The van der Waals surface area contributed by atoms with Crippen molar-refractivity contribution in [3.05, 3.63) is 18.0 Å². The monoisotopic (exact) mass is 296 g/mol. The van der Waals surface area contributed by atoms with Crippen LogP contribution in [0.2, 0.25) is 0 Å². The Kier molecular flexibility index (Phi) is 4.46. The van der Waals surface area contributed by atoms with Crippen molar-refractivity contribution in [2.75, 3.05) is 19.8 Å². The molecule has 1 aromatic heterocycles. The number of carbonyl (C=O) groups excluding carboxylic acids is 1. The molecule has 3 N–H and O–H groups in total. The molecule has 0 bridgehead atoms. The number of amides is 2. The standard InChI is InChI=1S/C13H20N4O4/c1-13(11(18)19)8-21-7-10(13)16-12(20)14-5-3-9-4-6-15-17(9)2/h4,6,10H,3,5,7-8H2,1-2H3,(H,18,19)(H2,14,16,20). The minimum Gasteiger partial charge on any atom is -0.481 e. The Morgan fingerprint density at radius 3 is 3.00 bits per heavy atom. The molecule has 8 nitrogen and oxygen atoms in total. The van der Waals surface area contributed by atoms with Gasteiger partial charge in [-0.05, 0) is 13.0 Å². The average molecular weight is 296 g/mol. The van der Waals surface area contributed by atoms with Crippen molar-refractivity contribution in [2.24, 2.45) is 12.5 Å². The van der Waals surface area contributed by atoms with E-state index in [1.54, 1.807) is 17.8 Å². The van der Waals surface area contributed by atoms with Gasteiger partial charge in [0.1, 0.15) is 5.41 Å². The minimum absolute atomic E-state index is 0.0995. The van der Waals surface area contributed by atoms with Gasteiger partial charge in [0.25, 0.3) is 0 Å². The van der Waals surface area contributed by atoms with E-state index in [0.29, 0.717) is 13.0 Å². The molecule has 2 amide bonds. The van der Waals surface area contributed by atoms with E-state index < -0.39 is 17.4 Å². The maximum Gasteiger partial charge on any atom is 0.315 e. The van der Waals surface area contributed by atoms with Crippen molar-refractivity contribution >= 4 is 12.0 Å². The highest BCUT2D eigenvalue weighted by Gasteiger charge is 2.47. The van der Waals surface area contributed by atoms with E-state index in [2.05, 4.69) is 15.7 Å². The van der Waals surface area contributed by atoms with Crippen molar-refractivity contribution in [3.8, 4) is 0 Å². The molecule has 0 aromatic carbocycles. The van der Waals surface area contributed by atoms with Gasteiger partial charge in [-0.25, -0.2) is 4.79 Å². The van der Waals surface area contributed by atoms with Crippen LogP contribution in [0.25, 0.3) is 0 Å². The molecule has 2 atom stereocenters. The van der Waals surface area contributed by atoms with Crippen molar-refractivity contribution in [3.63, 3.8) is 0 Å². The molecule has 1 fully saturated rings. The third-order valence-electron chi connectivity index (χ3n) is 3.84. The highest BCUT2D eigenvalue weighted by atomic mass is 16.5. The molecule has 1 aliphatic heterocycles. The van der Waals surface area contributed by atoms with E-state index >= 15 is 0 Å². The SMILES string of the molecule is Cn1nccc1CCNC(=O)NC1COCC1(C)C(=O)O. The quantitative estimate of drug-likeness (QED) is 0.695. The topological polar surface area (TPSA) is 105 Å². The summed E-state index contributed by atoms with van der Waals surface area (Å²) >= 11 is 0. The molecule has 2 heterocycles. The first kappa shape index (κ1) is 15.3. The van der Waals surface area contributed by atoms with Crippen LogP contribution in [-0.2, 0) is 23.0 Å². The number of hydrogen-bond acceptors (Lipinski definition) is 4. The molecule has 0 saturated carbocycles. The first-order valence-corrected chi connectivity index (χ1v) is 6.76. The van der Waals surface area contributed by atoms with Gasteiger partial charge in [-0.15, -0.1) is 0 Å². The fourth-order valence-electron chi connectivity index (χ4n) is 2.24. The molecule has 1 saturated heterocycles. The summed E-state index contributed by atoms with van der Waals surface area (Å²) in [7, 11) is 1.84. The van der Waals surface area contributed by atoms with Crippen LogP contribution in [-0.4, -0.2) is 52.7 Å². The predicted molar refractivity (Wildman–Crippen MR) is 73.8 cm³/mol. The highest BCUT2D eigenvalue weighted by molar-refractivity contribution is 5.79. The fourth-order valence-corrected chi connectivity index (χ4v) is 2.24.